The predicted molar refractivity (Wildman–Crippen MR) is 181 cm³/mol. The Hall–Kier alpha value is -4.24. The van der Waals surface area contributed by atoms with Gasteiger partial charge in [0.1, 0.15) is 23.6 Å². The lowest BCUT2D eigenvalue weighted by molar-refractivity contribution is -0.112. The molecule has 238 valence electrons. The van der Waals surface area contributed by atoms with Crippen molar-refractivity contribution in [3.05, 3.63) is 95.7 Å². The predicted octanol–water partition coefficient (Wildman–Crippen LogP) is 8.40. The number of carbonyl (C=O) groups excluding carboxylic acids is 2. The summed E-state index contributed by atoms with van der Waals surface area (Å²) in [7, 11) is 1.49. The molecule has 0 spiro atoms. The maximum atomic E-state index is 13.0. The summed E-state index contributed by atoms with van der Waals surface area (Å²) in [4.78, 5) is 30.9. The first-order valence-electron chi connectivity index (χ1n) is 14.7. The second-order valence-corrected chi connectivity index (χ2v) is 9.91. The SMILES string of the molecule is C=C(C=CC(F)CC)C(=N)N1CCCCC1.C=C/C=C(\C)C(=O)Nc1ccc(OC)cc1C(=O)Nc1ccc(Cl)cn1.CC. The van der Waals surface area contributed by atoms with Crippen molar-refractivity contribution in [2.45, 2.75) is 59.5 Å². The number of nitrogens with one attached hydrogen (secondary N) is 3. The number of rotatable bonds is 10. The molecule has 1 unspecified atom stereocenters. The first-order valence-corrected chi connectivity index (χ1v) is 15.0. The fourth-order valence-electron chi connectivity index (χ4n) is 3.81. The summed E-state index contributed by atoms with van der Waals surface area (Å²) < 4.78 is 18.2. The number of nitrogens with zero attached hydrogens (tertiary/aromatic N) is 2. The summed E-state index contributed by atoms with van der Waals surface area (Å²) in [5.74, 6) is 0.477. The van der Waals surface area contributed by atoms with Crippen LogP contribution < -0.4 is 15.4 Å². The molecule has 1 aliphatic rings. The molecule has 2 amide bonds. The third-order valence-corrected chi connectivity index (χ3v) is 6.51. The summed E-state index contributed by atoms with van der Waals surface area (Å²) >= 11 is 5.79. The molecular weight excluding hydrogens is 581 g/mol. The van der Waals surface area contributed by atoms with Gasteiger partial charge in [-0.3, -0.25) is 15.0 Å². The molecule has 1 atom stereocenters. The van der Waals surface area contributed by atoms with Gasteiger partial charge in [0, 0.05) is 30.4 Å². The summed E-state index contributed by atoms with van der Waals surface area (Å²) in [6, 6.07) is 7.98. The van der Waals surface area contributed by atoms with Gasteiger partial charge in [-0.25, -0.2) is 9.37 Å². The minimum Gasteiger partial charge on any atom is -0.497 e. The first kappa shape index (κ1) is 37.8. The van der Waals surface area contributed by atoms with Crippen molar-refractivity contribution in [1.29, 1.82) is 5.41 Å². The number of amides is 2. The number of aromatic nitrogens is 1. The van der Waals surface area contributed by atoms with Crippen molar-refractivity contribution in [2.75, 3.05) is 30.8 Å². The Labute approximate surface area is 266 Å². The third kappa shape index (κ3) is 13.0. The highest BCUT2D eigenvalue weighted by molar-refractivity contribution is 6.30. The fraction of sp³-hybridized carbons (Fsp3) is 0.353. The highest BCUT2D eigenvalue weighted by atomic mass is 35.5. The number of halogens is 2. The van der Waals surface area contributed by atoms with Crippen LogP contribution in [0.1, 0.15) is 63.7 Å². The number of methoxy groups -OCH3 is 1. The molecule has 1 aliphatic heterocycles. The molecule has 0 saturated carbocycles. The van der Waals surface area contributed by atoms with Gasteiger partial charge in [0.2, 0.25) is 0 Å². The number of benzene rings is 1. The van der Waals surface area contributed by atoms with Gasteiger partial charge in [-0.1, -0.05) is 69.8 Å². The van der Waals surface area contributed by atoms with Gasteiger partial charge in [0.15, 0.2) is 0 Å². The number of piperidine rings is 1. The van der Waals surface area contributed by atoms with Crippen LogP contribution >= 0.6 is 11.6 Å². The number of amidine groups is 1. The van der Waals surface area contributed by atoms with Crippen molar-refractivity contribution in [1.82, 2.24) is 9.88 Å². The number of anilines is 2. The lowest BCUT2D eigenvalue weighted by atomic mass is 10.1. The maximum Gasteiger partial charge on any atom is 0.259 e. The van der Waals surface area contributed by atoms with Crippen molar-refractivity contribution < 1.29 is 18.7 Å². The van der Waals surface area contributed by atoms with Gasteiger partial charge in [-0.05, 0) is 62.9 Å². The van der Waals surface area contributed by atoms with E-state index in [4.69, 9.17) is 21.7 Å². The Bertz CT molecular complexity index is 1320. The zero-order valence-electron chi connectivity index (χ0n) is 26.4. The van der Waals surface area contributed by atoms with Crippen molar-refractivity contribution in [3.63, 3.8) is 0 Å². The standard InChI is InChI=1S/C19H18ClN3O3.C13H21FN2.C2H6/c1-4-5-12(2)18(24)22-16-8-7-14(26-3)10-15(16)19(25)23-17-9-6-13(20)11-21-17;1-3-12(14)8-7-11(2)13(15)16-9-5-4-6-10-16;1-2/h4-11H,1H2,2-3H3,(H,22,24)(H,21,23,25);7-8,12,15H,2-6,9-10H2,1H3;1-2H3/b12-5+;;. The van der Waals surface area contributed by atoms with Gasteiger partial charge in [0.05, 0.1) is 23.4 Å². The number of pyridine rings is 1. The molecule has 1 aromatic carbocycles. The molecule has 3 N–H and O–H groups in total. The number of allylic oxidation sites excluding steroid dienone is 3. The summed E-state index contributed by atoms with van der Waals surface area (Å²) in [5.41, 5.74) is 1.65. The number of likely N-dealkylation sites (tertiary alicyclic amines) is 1. The van der Waals surface area contributed by atoms with E-state index >= 15 is 0 Å². The average molecular weight is 626 g/mol. The Kier molecular flexibility index (Phi) is 17.7. The summed E-state index contributed by atoms with van der Waals surface area (Å²) in [5, 5.41) is 13.8. The quantitative estimate of drug-likeness (QED) is 0.106. The van der Waals surface area contributed by atoms with Gasteiger partial charge < -0.3 is 20.3 Å². The van der Waals surface area contributed by atoms with Crippen LogP contribution in [0.5, 0.6) is 5.75 Å². The lowest BCUT2D eigenvalue weighted by Gasteiger charge is -2.29. The largest absolute Gasteiger partial charge is 0.497 e. The third-order valence-electron chi connectivity index (χ3n) is 6.29. The number of hydrogen-bond donors (Lipinski definition) is 3. The molecule has 2 heterocycles. The van der Waals surface area contributed by atoms with Crippen LogP contribution in [0.25, 0.3) is 0 Å². The Morgan fingerprint density at radius 3 is 2.43 bits per heavy atom. The van der Waals surface area contributed by atoms with E-state index in [-0.39, 0.29) is 11.5 Å². The van der Waals surface area contributed by atoms with Crippen LogP contribution in [0.4, 0.5) is 15.9 Å². The van der Waals surface area contributed by atoms with E-state index < -0.39 is 12.1 Å². The molecule has 1 aromatic heterocycles. The van der Waals surface area contributed by atoms with Gasteiger partial charge >= 0.3 is 0 Å². The van der Waals surface area contributed by atoms with Crippen molar-refractivity contribution in [2.24, 2.45) is 0 Å². The zero-order chi connectivity index (χ0) is 33.1. The molecule has 8 nitrogen and oxygen atoms in total. The van der Waals surface area contributed by atoms with Crippen LogP contribution in [-0.4, -0.2) is 53.9 Å². The van der Waals surface area contributed by atoms with E-state index in [2.05, 4.69) is 28.8 Å². The molecular formula is C34H45ClFN5O3. The van der Waals surface area contributed by atoms with Crippen LogP contribution in [-0.2, 0) is 4.79 Å². The topological polar surface area (TPSA) is 107 Å². The Balaban J connectivity index is 0.000000461. The van der Waals surface area contributed by atoms with E-state index in [1.54, 1.807) is 50.3 Å². The minimum absolute atomic E-state index is 0.237. The number of alkyl halides is 1. The molecule has 0 radical (unpaired) electrons. The highest BCUT2D eigenvalue weighted by Gasteiger charge is 2.17. The molecule has 3 rings (SSSR count). The number of ether oxygens (including phenoxy) is 1. The first-order chi connectivity index (χ1) is 21.1. The molecule has 2 aromatic rings. The second-order valence-electron chi connectivity index (χ2n) is 9.47. The van der Waals surface area contributed by atoms with Crippen molar-refractivity contribution in [3.8, 4) is 5.75 Å². The zero-order valence-corrected chi connectivity index (χ0v) is 27.1. The molecule has 0 aliphatic carbocycles. The van der Waals surface area contributed by atoms with Gasteiger partial charge in [-0.2, -0.15) is 0 Å². The molecule has 10 heteroatoms. The highest BCUT2D eigenvalue weighted by Crippen LogP contribution is 2.24. The molecule has 44 heavy (non-hydrogen) atoms. The molecule has 1 saturated heterocycles. The van der Waals surface area contributed by atoms with E-state index in [0.29, 0.717) is 45.7 Å². The smallest absolute Gasteiger partial charge is 0.259 e. The summed E-state index contributed by atoms with van der Waals surface area (Å²) in [6.45, 7) is 16.7. The Morgan fingerprint density at radius 2 is 1.86 bits per heavy atom. The maximum absolute atomic E-state index is 13.0. The van der Waals surface area contributed by atoms with E-state index in [9.17, 15) is 14.0 Å². The van der Waals surface area contributed by atoms with E-state index in [0.717, 1.165) is 25.9 Å². The number of hydrogen-bond acceptors (Lipinski definition) is 5. The van der Waals surface area contributed by atoms with E-state index in [1.807, 2.05) is 18.7 Å². The molecule has 1 fully saturated rings. The van der Waals surface area contributed by atoms with Crippen LogP contribution in [0.3, 0.4) is 0 Å². The minimum atomic E-state index is -0.925. The number of carbonyl (C=O) groups is 2. The second kappa shape index (κ2) is 20.6. The van der Waals surface area contributed by atoms with Crippen LogP contribution in [0.2, 0.25) is 5.02 Å². The molecule has 0 bridgehead atoms. The monoisotopic (exact) mass is 625 g/mol. The lowest BCUT2D eigenvalue weighted by Crippen LogP contribution is -2.35. The van der Waals surface area contributed by atoms with Crippen LogP contribution in [0.15, 0.2) is 85.1 Å². The van der Waals surface area contributed by atoms with Gasteiger partial charge in [-0.15, -0.1) is 0 Å². The average Bonchev–Trinajstić information content (AvgIpc) is 3.05. The Morgan fingerprint density at radius 1 is 1.18 bits per heavy atom. The normalized spacial score (nSPS) is 13.3. The van der Waals surface area contributed by atoms with E-state index in [1.165, 1.54) is 37.9 Å². The van der Waals surface area contributed by atoms with Crippen molar-refractivity contribution >= 4 is 40.8 Å². The van der Waals surface area contributed by atoms with Crippen LogP contribution in [0, 0.1) is 5.41 Å². The van der Waals surface area contributed by atoms with Gasteiger partial charge in [0.25, 0.3) is 11.8 Å². The summed E-state index contributed by atoms with van der Waals surface area (Å²) in [6.07, 6.45) is 10.7. The fourth-order valence-corrected chi connectivity index (χ4v) is 3.92.